The van der Waals surface area contributed by atoms with Crippen LogP contribution < -0.4 is 4.74 Å². The molecule has 0 aromatic heterocycles. The number of hydrogen-bond acceptors (Lipinski definition) is 4. The summed E-state index contributed by atoms with van der Waals surface area (Å²) in [7, 11) is 3.94. The van der Waals surface area contributed by atoms with E-state index in [0.717, 1.165) is 17.9 Å². The number of hydrogen-bond donors (Lipinski definition) is 1. The Morgan fingerprint density at radius 3 is 2.81 bits per heavy atom. The van der Waals surface area contributed by atoms with E-state index < -0.39 is 6.10 Å². The van der Waals surface area contributed by atoms with E-state index in [2.05, 4.69) is 0 Å². The third-order valence-corrected chi connectivity index (χ3v) is 3.73. The van der Waals surface area contributed by atoms with Gasteiger partial charge in [-0.15, -0.1) is 0 Å². The van der Waals surface area contributed by atoms with Crippen LogP contribution in [0.3, 0.4) is 0 Å². The highest BCUT2D eigenvalue weighted by Crippen LogP contribution is 2.20. The number of aliphatic hydroxyl groups is 1. The van der Waals surface area contributed by atoms with E-state index in [-0.39, 0.29) is 18.6 Å². The van der Waals surface area contributed by atoms with Gasteiger partial charge in [0.05, 0.1) is 6.10 Å². The molecule has 1 saturated heterocycles. The zero-order valence-corrected chi connectivity index (χ0v) is 13.0. The molecule has 1 aromatic rings. The fraction of sp³-hybridized carbons (Fsp3) is 0.562. The van der Waals surface area contributed by atoms with Gasteiger partial charge in [-0.1, -0.05) is 18.2 Å². The van der Waals surface area contributed by atoms with Gasteiger partial charge in [0, 0.05) is 19.1 Å². The van der Waals surface area contributed by atoms with Gasteiger partial charge >= 0.3 is 0 Å². The Kier molecular flexibility index (Phi) is 5.20. The molecule has 116 valence electrons. The lowest BCUT2D eigenvalue weighted by Crippen LogP contribution is -2.43. The standard InChI is InChI=1S/C16H24N2O3/c1-12-6-4-5-7-15(12)21-11-16(20)18-10-14(19)8-13(18)9-17(2)3/h4-7,13-14,19H,8-11H2,1-3H3. The number of para-hydroxylation sites is 1. The highest BCUT2D eigenvalue weighted by molar-refractivity contribution is 5.78. The first-order valence-electron chi connectivity index (χ1n) is 7.28. The second-order valence-corrected chi connectivity index (χ2v) is 5.91. The van der Waals surface area contributed by atoms with Crippen LogP contribution in [-0.2, 0) is 4.79 Å². The summed E-state index contributed by atoms with van der Waals surface area (Å²) >= 11 is 0. The van der Waals surface area contributed by atoms with Gasteiger partial charge in [0.1, 0.15) is 5.75 Å². The number of aliphatic hydroxyl groups excluding tert-OH is 1. The first-order chi connectivity index (χ1) is 9.97. The number of rotatable bonds is 5. The highest BCUT2D eigenvalue weighted by Gasteiger charge is 2.34. The smallest absolute Gasteiger partial charge is 0.260 e. The van der Waals surface area contributed by atoms with Crippen LogP contribution >= 0.6 is 0 Å². The van der Waals surface area contributed by atoms with E-state index in [9.17, 15) is 9.90 Å². The van der Waals surface area contributed by atoms with E-state index in [1.807, 2.05) is 50.2 Å². The van der Waals surface area contributed by atoms with Crippen molar-refractivity contribution in [3.8, 4) is 5.75 Å². The lowest BCUT2D eigenvalue weighted by atomic mass is 10.2. The third-order valence-electron chi connectivity index (χ3n) is 3.73. The molecule has 0 aliphatic carbocycles. The molecule has 1 N–H and O–H groups in total. The monoisotopic (exact) mass is 292 g/mol. The fourth-order valence-electron chi connectivity index (χ4n) is 2.73. The average Bonchev–Trinajstić information content (AvgIpc) is 2.77. The van der Waals surface area contributed by atoms with Crippen LogP contribution in [0.1, 0.15) is 12.0 Å². The van der Waals surface area contributed by atoms with Crippen LogP contribution in [0.15, 0.2) is 24.3 Å². The van der Waals surface area contributed by atoms with Gasteiger partial charge in [0.15, 0.2) is 6.61 Å². The molecule has 1 heterocycles. The Morgan fingerprint density at radius 2 is 2.14 bits per heavy atom. The summed E-state index contributed by atoms with van der Waals surface area (Å²) in [5.41, 5.74) is 1.01. The van der Waals surface area contributed by atoms with Crippen molar-refractivity contribution in [2.24, 2.45) is 0 Å². The number of carbonyl (C=O) groups excluding carboxylic acids is 1. The van der Waals surface area contributed by atoms with Crippen LogP contribution in [-0.4, -0.2) is 66.8 Å². The van der Waals surface area contributed by atoms with Crippen LogP contribution in [0.4, 0.5) is 0 Å². The lowest BCUT2D eigenvalue weighted by Gasteiger charge is -2.26. The third kappa shape index (κ3) is 4.19. The molecule has 0 radical (unpaired) electrons. The molecule has 1 aliphatic heterocycles. The van der Waals surface area contributed by atoms with Crippen molar-refractivity contribution in [3.63, 3.8) is 0 Å². The maximum Gasteiger partial charge on any atom is 0.260 e. The maximum atomic E-state index is 12.3. The van der Waals surface area contributed by atoms with E-state index >= 15 is 0 Å². The number of ether oxygens (including phenoxy) is 1. The molecule has 5 heteroatoms. The minimum Gasteiger partial charge on any atom is -0.484 e. The predicted octanol–water partition coefficient (Wildman–Crippen LogP) is 0.897. The quantitative estimate of drug-likeness (QED) is 0.876. The molecule has 1 amide bonds. The zero-order chi connectivity index (χ0) is 15.4. The van der Waals surface area contributed by atoms with Crippen LogP contribution in [0.25, 0.3) is 0 Å². The number of aryl methyl sites for hydroxylation is 1. The summed E-state index contributed by atoms with van der Waals surface area (Å²) in [5.74, 6) is 0.663. The fourth-order valence-corrected chi connectivity index (χ4v) is 2.73. The minimum atomic E-state index is -0.433. The minimum absolute atomic E-state index is 0.0154. The summed E-state index contributed by atoms with van der Waals surface area (Å²) in [6, 6.07) is 7.70. The van der Waals surface area contributed by atoms with Gasteiger partial charge in [-0.05, 0) is 39.1 Å². The van der Waals surface area contributed by atoms with Gasteiger partial charge in [-0.2, -0.15) is 0 Å². The first-order valence-corrected chi connectivity index (χ1v) is 7.28. The van der Waals surface area contributed by atoms with Crippen molar-refractivity contribution in [1.29, 1.82) is 0 Å². The Bertz CT molecular complexity index is 490. The van der Waals surface area contributed by atoms with Crippen LogP contribution in [0, 0.1) is 6.92 Å². The maximum absolute atomic E-state index is 12.3. The molecule has 2 unspecified atom stereocenters. The highest BCUT2D eigenvalue weighted by atomic mass is 16.5. The topological polar surface area (TPSA) is 53.0 Å². The summed E-state index contributed by atoms with van der Waals surface area (Å²) in [4.78, 5) is 16.1. The second-order valence-electron chi connectivity index (χ2n) is 5.91. The van der Waals surface area contributed by atoms with E-state index in [1.165, 1.54) is 0 Å². The average molecular weight is 292 g/mol. The number of likely N-dealkylation sites (tertiary alicyclic amines) is 1. The molecular weight excluding hydrogens is 268 g/mol. The number of likely N-dealkylation sites (N-methyl/N-ethyl adjacent to an activating group) is 1. The van der Waals surface area contributed by atoms with Crippen molar-refractivity contribution in [3.05, 3.63) is 29.8 Å². The Labute approximate surface area is 126 Å². The van der Waals surface area contributed by atoms with Gasteiger partial charge in [-0.25, -0.2) is 0 Å². The first kappa shape index (κ1) is 15.8. The van der Waals surface area contributed by atoms with Gasteiger partial charge in [-0.3, -0.25) is 4.79 Å². The largest absolute Gasteiger partial charge is 0.484 e. The molecule has 1 aliphatic rings. The van der Waals surface area contributed by atoms with Gasteiger partial charge in [0.25, 0.3) is 5.91 Å². The molecule has 0 spiro atoms. The number of amides is 1. The molecule has 5 nitrogen and oxygen atoms in total. The van der Waals surface area contributed by atoms with E-state index in [0.29, 0.717) is 13.0 Å². The SMILES string of the molecule is Cc1ccccc1OCC(=O)N1CC(O)CC1CN(C)C. The summed E-state index contributed by atoms with van der Waals surface area (Å²) < 4.78 is 5.61. The molecule has 1 fully saturated rings. The van der Waals surface area contributed by atoms with Crippen molar-refractivity contribution < 1.29 is 14.6 Å². The van der Waals surface area contributed by atoms with E-state index in [1.54, 1.807) is 4.90 Å². The second kappa shape index (κ2) is 6.91. The van der Waals surface area contributed by atoms with Gasteiger partial charge in [0.2, 0.25) is 0 Å². The molecule has 0 bridgehead atoms. The molecule has 2 rings (SSSR count). The van der Waals surface area contributed by atoms with Crippen LogP contribution in [0.2, 0.25) is 0 Å². The Morgan fingerprint density at radius 1 is 1.43 bits per heavy atom. The number of benzene rings is 1. The summed E-state index contributed by atoms with van der Waals surface area (Å²) in [6.07, 6.45) is 0.200. The van der Waals surface area contributed by atoms with Crippen molar-refractivity contribution in [2.45, 2.75) is 25.5 Å². The van der Waals surface area contributed by atoms with E-state index in [4.69, 9.17) is 4.74 Å². The molecule has 2 atom stereocenters. The lowest BCUT2D eigenvalue weighted by molar-refractivity contribution is -0.134. The Hall–Kier alpha value is -1.59. The normalized spacial score (nSPS) is 21.9. The zero-order valence-electron chi connectivity index (χ0n) is 13.0. The molecule has 21 heavy (non-hydrogen) atoms. The van der Waals surface area contributed by atoms with Crippen molar-refractivity contribution in [2.75, 3.05) is 33.8 Å². The molecular formula is C16H24N2O3. The number of nitrogens with zero attached hydrogens (tertiary/aromatic N) is 2. The van der Waals surface area contributed by atoms with Crippen molar-refractivity contribution in [1.82, 2.24) is 9.80 Å². The molecule has 0 saturated carbocycles. The summed E-state index contributed by atoms with van der Waals surface area (Å²) in [6.45, 7) is 3.12. The predicted molar refractivity (Wildman–Crippen MR) is 81.4 cm³/mol. The Balaban J connectivity index is 1.94. The summed E-state index contributed by atoms with van der Waals surface area (Å²) in [5, 5.41) is 9.81. The molecule has 1 aromatic carbocycles. The van der Waals surface area contributed by atoms with Crippen molar-refractivity contribution >= 4 is 5.91 Å². The number of carbonyl (C=O) groups is 1. The number of β-amino-alcohol motifs (C(OH)–C–C–N with tert-alkyl or cyclic N) is 1. The van der Waals surface area contributed by atoms with Gasteiger partial charge < -0.3 is 19.6 Å². The van der Waals surface area contributed by atoms with Crippen LogP contribution in [0.5, 0.6) is 5.75 Å².